The van der Waals surface area contributed by atoms with E-state index >= 15 is 0 Å². The molecule has 1 aromatic heterocycles. The minimum Gasteiger partial charge on any atom is -0.345 e. The van der Waals surface area contributed by atoms with Gasteiger partial charge in [-0.15, -0.1) is 0 Å². The molecule has 0 saturated carbocycles. The van der Waals surface area contributed by atoms with Gasteiger partial charge in [0.2, 0.25) is 0 Å². The van der Waals surface area contributed by atoms with Gasteiger partial charge in [0.05, 0.1) is 6.54 Å². The Morgan fingerprint density at radius 1 is 1.00 bits per heavy atom. The molecule has 0 N–H and O–H groups in total. The van der Waals surface area contributed by atoms with E-state index in [2.05, 4.69) is 23.6 Å². The minimum absolute atomic E-state index is 0.00476. The van der Waals surface area contributed by atoms with E-state index in [0.717, 1.165) is 22.7 Å². The van der Waals surface area contributed by atoms with Crippen molar-refractivity contribution in [2.75, 3.05) is 6.54 Å². The molecule has 3 aromatic rings. The maximum Gasteiger partial charge on any atom is 0.254 e. The van der Waals surface area contributed by atoms with Gasteiger partial charge in [0, 0.05) is 40.6 Å². The molecule has 2 aromatic carbocycles. The molecule has 140 valence electrons. The number of aromatic nitrogens is 1. The summed E-state index contributed by atoms with van der Waals surface area (Å²) in [7, 11) is 0. The summed E-state index contributed by atoms with van der Waals surface area (Å²) < 4.78 is 2.15. The first-order valence-electron chi connectivity index (χ1n) is 9.00. The maximum atomic E-state index is 13.0. The lowest BCUT2D eigenvalue weighted by Crippen LogP contribution is -2.32. The molecule has 0 unspecified atom stereocenters. The smallest absolute Gasteiger partial charge is 0.254 e. The van der Waals surface area contributed by atoms with Crippen molar-refractivity contribution >= 4 is 29.1 Å². The van der Waals surface area contributed by atoms with Crippen molar-refractivity contribution in [3.63, 3.8) is 0 Å². The Balaban J connectivity index is 1.79. The summed E-state index contributed by atoms with van der Waals surface area (Å²) in [4.78, 5) is 14.8. The molecule has 3 rings (SSSR count). The molecule has 0 aliphatic heterocycles. The van der Waals surface area contributed by atoms with Crippen molar-refractivity contribution in [3.05, 3.63) is 93.7 Å². The number of carbonyl (C=O) groups is 1. The molecule has 0 saturated heterocycles. The topological polar surface area (TPSA) is 25.2 Å². The number of nitrogens with zero attached hydrogens (tertiary/aromatic N) is 2. The third kappa shape index (κ3) is 5.15. The average Bonchev–Trinajstić information content (AvgIpc) is 3.07. The molecule has 0 fully saturated rings. The fourth-order valence-corrected chi connectivity index (χ4v) is 3.50. The van der Waals surface area contributed by atoms with Gasteiger partial charge >= 0.3 is 0 Å². The standard InChI is InChI=1S/C22H22Cl2N2O/c1-2-11-26(22(27)18-7-4-9-20(24)14-18)16-21-10-5-12-25(21)15-17-6-3-8-19(23)13-17/h3-10,12-14H,2,11,15-16H2,1H3. The molecule has 1 amide bonds. The number of benzene rings is 2. The van der Waals surface area contributed by atoms with Crippen molar-refractivity contribution in [3.8, 4) is 0 Å². The number of rotatable bonds is 7. The Labute approximate surface area is 170 Å². The quantitative estimate of drug-likeness (QED) is 0.484. The van der Waals surface area contributed by atoms with Crippen LogP contribution >= 0.6 is 23.2 Å². The lowest BCUT2D eigenvalue weighted by atomic mass is 10.2. The van der Waals surface area contributed by atoms with Crippen LogP contribution in [0.15, 0.2) is 66.9 Å². The summed E-state index contributed by atoms with van der Waals surface area (Å²) in [6.07, 6.45) is 2.92. The van der Waals surface area contributed by atoms with E-state index in [1.807, 2.05) is 47.5 Å². The first-order chi connectivity index (χ1) is 13.1. The highest BCUT2D eigenvalue weighted by Crippen LogP contribution is 2.17. The molecule has 0 atom stereocenters. The summed E-state index contributed by atoms with van der Waals surface area (Å²) in [5.74, 6) is -0.00476. The Hall–Kier alpha value is -2.23. The Bertz CT molecular complexity index is 920. The zero-order chi connectivity index (χ0) is 19.2. The van der Waals surface area contributed by atoms with E-state index < -0.39 is 0 Å². The lowest BCUT2D eigenvalue weighted by Gasteiger charge is -2.23. The van der Waals surface area contributed by atoms with Crippen LogP contribution in [0.4, 0.5) is 0 Å². The predicted molar refractivity (Wildman–Crippen MR) is 111 cm³/mol. The normalized spacial score (nSPS) is 10.8. The van der Waals surface area contributed by atoms with E-state index in [1.54, 1.807) is 12.1 Å². The highest BCUT2D eigenvalue weighted by molar-refractivity contribution is 6.31. The predicted octanol–water partition coefficient (Wildman–Crippen LogP) is 5.90. The fourth-order valence-electron chi connectivity index (χ4n) is 3.10. The van der Waals surface area contributed by atoms with E-state index in [0.29, 0.717) is 30.2 Å². The molecule has 3 nitrogen and oxygen atoms in total. The van der Waals surface area contributed by atoms with Crippen molar-refractivity contribution in [2.45, 2.75) is 26.4 Å². The molecule has 1 heterocycles. The first kappa shape index (κ1) is 19.5. The second-order valence-corrected chi connectivity index (χ2v) is 7.37. The van der Waals surface area contributed by atoms with Gasteiger partial charge in [-0.1, -0.05) is 48.3 Å². The Kier molecular flexibility index (Phi) is 6.59. The molecule has 27 heavy (non-hydrogen) atoms. The Morgan fingerprint density at radius 3 is 2.44 bits per heavy atom. The van der Waals surface area contributed by atoms with Gasteiger partial charge in [-0.3, -0.25) is 4.79 Å². The molecular formula is C22H22Cl2N2O. The van der Waals surface area contributed by atoms with E-state index in [4.69, 9.17) is 23.2 Å². The summed E-state index contributed by atoms with van der Waals surface area (Å²) in [6, 6.07) is 19.0. The van der Waals surface area contributed by atoms with Crippen molar-refractivity contribution in [2.24, 2.45) is 0 Å². The highest BCUT2D eigenvalue weighted by atomic mass is 35.5. The summed E-state index contributed by atoms with van der Waals surface area (Å²) in [5.41, 5.74) is 2.82. The van der Waals surface area contributed by atoms with Gasteiger partial charge in [0.25, 0.3) is 5.91 Å². The summed E-state index contributed by atoms with van der Waals surface area (Å²) in [5, 5.41) is 1.30. The van der Waals surface area contributed by atoms with Gasteiger partial charge in [0.1, 0.15) is 0 Å². The lowest BCUT2D eigenvalue weighted by molar-refractivity contribution is 0.0739. The van der Waals surface area contributed by atoms with Crippen LogP contribution in [-0.2, 0) is 13.1 Å². The average molecular weight is 401 g/mol. The van der Waals surface area contributed by atoms with Crippen LogP contribution in [0.3, 0.4) is 0 Å². The van der Waals surface area contributed by atoms with E-state index in [9.17, 15) is 4.79 Å². The molecular weight excluding hydrogens is 379 g/mol. The van der Waals surface area contributed by atoms with Crippen molar-refractivity contribution in [1.29, 1.82) is 0 Å². The molecule has 0 aliphatic rings. The van der Waals surface area contributed by atoms with Crippen molar-refractivity contribution in [1.82, 2.24) is 9.47 Å². The van der Waals surface area contributed by atoms with Gasteiger partial charge in [-0.25, -0.2) is 0 Å². The molecule has 0 spiro atoms. The van der Waals surface area contributed by atoms with Crippen LogP contribution in [0.5, 0.6) is 0 Å². The summed E-state index contributed by atoms with van der Waals surface area (Å²) in [6.45, 7) is 4.03. The largest absolute Gasteiger partial charge is 0.345 e. The van der Waals surface area contributed by atoms with Gasteiger partial charge < -0.3 is 9.47 Å². The zero-order valence-corrected chi connectivity index (χ0v) is 16.7. The zero-order valence-electron chi connectivity index (χ0n) is 15.2. The van der Waals surface area contributed by atoms with Crippen LogP contribution in [-0.4, -0.2) is 21.9 Å². The second kappa shape index (κ2) is 9.12. The molecule has 0 bridgehead atoms. The number of hydrogen-bond acceptors (Lipinski definition) is 1. The van der Waals surface area contributed by atoms with Crippen LogP contribution < -0.4 is 0 Å². The number of halogens is 2. The highest BCUT2D eigenvalue weighted by Gasteiger charge is 2.17. The number of amides is 1. The van der Waals surface area contributed by atoms with Crippen LogP contribution in [0.2, 0.25) is 10.0 Å². The second-order valence-electron chi connectivity index (χ2n) is 6.49. The fraction of sp³-hybridized carbons (Fsp3) is 0.227. The van der Waals surface area contributed by atoms with Gasteiger partial charge in [-0.05, 0) is 54.4 Å². The van der Waals surface area contributed by atoms with Crippen LogP contribution in [0.1, 0.15) is 35.0 Å². The Morgan fingerprint density at radius 2 is 1.74 bits per heavy atom. The van der Waals surface area contributed by atoms with Crippen LogP contribution in [0.25, 0.3) is 0 Å². The first-order valence-corrected chi connectivity index (χ1v) is 9.75. The number of carbonyl (C=O) groups excluding carboxylic acids is 1. The van der Waals surface area contributed by atoms with E-state index in [1.165, 1.54) is 0 Å². The molecule has 5 heteroatoms. The number of hydrogen-bond donors (Lipinski definition) is 0. The van der Waals surface area contributed by atoms with Crippen molar-refractivity contribution < 1.29 is 4.79 Å². The SMILES string of the molecule is CCCN(Cc1cccn1Cc1cccc(Cl)c1)C(=O)c1cccc(Cl)c1. The molecule has 0 radical (unpaired) electrons. The van der Waals surface area contributed by atoms with Gasteiger partial charge in [0.15, 0.2) is 0 Å². The third-order valence-corrected chi connectivity index (χ3v) is 4.84. The van der Waals surface area contributed by atoms with Crippen LogP contribution in [0, 0.1) is 0 Å². The monoisotopic (exact) mass is 400 g/mol. The molecule has 0 aliphatic carbocycles. The minimum atomic E-state index is -0.00476. The third-order valence-electron chi connectivity index (χ3n) is 4.37. The van der Waals surface area contributed by atoms with Gasteiger partial charge in [-0.2, -0.15) is 0 Å². The maximum absolute atomic E-state index is 13.0. The van der Waals surface area contributed by atoms with E-state index in [-0.39, 0.29) is 5.91 Å². The summed E-state index contributed by atoms with van der Waals surface area (Å²) >= 11 is 12.2.